The lowest BCUT2D eigenvalue weighted by molar-refractivity contribution is -0.146. The first-order chi connectivity index (χ1) is 8.99. The van der Waals surface area contributed by atoms with Crippen molar-refractivity contribution in [1.82, 2.24) is 5.32 Å². The van der Waals surface area contributed by atoms with E-state index >= 15 is 0 Å². The van der Waals surface area contributed by atoms with Crippen LogP contribution in [0.2, 0.25) is 0 Å². The van der Waals surface area contributed by atoms with Gasteiger partial charge in [0, 0.05) is 13.7 Å². The largest absolute Gasteiger partial charge is 0.481 e. The Morgan fingerprint density at radius 3 is 2.53 bits per heavy atom. The number of hydrogen-bond acceptors (Lipinski definition) is 4. The molecular weight excluding hydrogens is 250 g/mol. The molecule has 6 heteroatoms. The van der Waals surface area contributed by atoms with Crippen molar-refractivity contribution in [3.8, 4) is 0 Å². The quantitative estimate of drug-likeness (QED) is 0.618. The third-order valence-corrected chi connectivity index (χ3v) is 3.76. The lowest BCUT2D eigenvalue weighted by Gasteiger charge is -2.17. The van der Waals surface area contributed by atoms with Crippen LogP contribution in [-0.4, -0.2) is 48.5 Å². The van der Waals surface area contributed by atoms with E-state index in [4.69, 9.17) is 9.84 Å². The molecule has 6 nitrogen and oxygen atoms in total. The van der Waals surface area contributed by atoms with E-state index in [2.05, 4.69) is 5.32 Å². The summed E-state index contributed by atoms with van der Waals surface area (Å²) < 4.78 is 4.76. The first-order valence-corrected chi connectivity index (χ1v) is 6.67. The fourth-order valence-electron chi connectivity index (χ4n) is 2.64. The number of amides is 1. The highest BCUT2D eigenvalue weighted by atomic mass is 16.5. The van der Waals surface area contributed by atoms with E-state index < -0.39 is 23.9 Å². The molecule has 1 rings (SSSR count). The standard InChI is InChI=1S/C13H23NO5/c1-3-8-4-10(11(5-8)13(17)18)12(16)14-6-9(15)7-19-2/h8-11,15H,3-7H2,1-2H3,(H,14,16)(H,17,18)/t8?,9?,10-,11+/m0/s1. The van der Waals surface area contributed by atoms with E-state index in [1.54, 1.807) is 0 Å². The second-order valence-electron chi connectivity index (χ2n) is 5.15. The number of nitrogens with one attached hydrogen (secondary N) is 1. The molecular formula is C13H23NO5. The van der Waals surface area contributed by atoms with E-state index in [1.807, 2.05) is 6.92 Å². The normalized spacial score (nSPS) is 28.1. The van der Waals surface area contributed by atoms with Crippen molar-refractivity contribution >= 4 is 11.9 Å². The van der Waals surface area contributed by atoms with Crippen molar-refractivity contribution in [2.24, 2.45) is 17.8 Å². The number of aliphatic hydroxyl groups is 1. The zero-order valence-corrected chi connectivity index (χ0v) is 11.5. The number of aliphatic carboxylic acids is 1. The highest BCUT2D eigenvalue weighted by molar-refractivity contribution is 5.85. The number of hydrogen-bond donors (Lipinski definition) is 3. The van der Waals surface area contributed by atoms with Gasteiger partial charge in [-0.3, -0.25) is 9.59 Å². The van der Waals surface area contributed by atoms with Gasteiger partial charge in [0.2, 0.25) is 5.91 Å². The second kappa shape index (κ2) is 7.45. The van der Waals surface area contributed by atoms with Crippen LogP contribution in [0.1, 0.15) is 26.2 Å². The third-order valence-electron chi connectivity index (χ3n) is 3.76. The van der Waals surface area contributed by atoms with Crippen molar-refractivity contribution in [3.63, 3.8) is 0 Å². The first-order valence-electron chi connectivity index (χ1n) is 6.67. The van der Waals surface area contributed by atoms with E-state index in [0.29, 0.717) is 18.8 Å². The van der Waals surface area contributed by atoms with Crippen LogP contribution in [0.15, 0.2) is 0 Å². The summed E-state index contributed by atoms with van der Waals surface area (Å²) in [6, 6.07) is 0. The molecule has 2 unspecified atom stereocenters. The van der Waals surface area contributed by atoms with Gasteiger partial charge in [-0.15, -0.1) is 0 Å². The molecule has 1 fully saturated rings. The Hall–Kier alpha value is -1.14. The van der Waals surface area contributed by atoms with Gasteiger partial charge in [-0.25, -0.2) is 0 Å². The summed E-state index contributed by atoms with van der Waals surface area (Å²) in [5.74, 6) is -1.99. The molecule has 0 heterocycles. The van der Waals surface area contributed by atoms with Gasteiger partial charge in [0.1, 0.15) is 0 Å². The summed E-state index contributed by atoms with van der Waals surface area (Å²) in [6.45, 7) is 2.24. The Morgan fingerprint density at radius 1 is 1.37 bits per heavy atom. The van der Waals surface area contributed by atoms with Crippen molar-refractivity contribution in [3.05, 3.63) is 0 Å². The van der Waals surface area contributed by atoms with Gasteiger partial charge in [-0.2, -0.15) is 0 Å². The van der Waals surface area contributed by atoms with Crippen LogP contribution in [0.3, 0.4) is 0 Å². The summed E-state index contributed by atoms with van der Waals surface area (Å²) >= 11 is 0. The van der Waals surface area contributed by atoms with Gasteiger partial charge in [-0.05, 0) is 18.8 Å². The summed E-state index contributed by atoms with van der Waals surface area (Å²) in [5.41, 5.74) is 0. The predicted octanol–water partition coefficient (Wildman–Crippen LogP) is 0.247. The number of carbonyl (C=O) groups excluding carboxylic acids is 1. The molecule has 0 radical (unpaired) electrons. The maximum absolute atomic E-state index is 12.0. The number of ether oxygens (including phenoxy) is 1. The van der Waals surface area contributed by atoms with Gasteiger partial charge in [-0.1, -0.05) is 13.3 Å². The average molecular weight is 273 g/mol. The van der Waals surface area contributed by atoms with Crippen LogP contribution in [0.5, 0.6) is 0 Å². The molecule has 0 aromatic heterocycles. The third kappa shape index (κ3) is 4.47. The van der Waals surface area contributed by atoms with Gasteiger partial charge >= 0.3 is 5.97 Å². The van der Waals surface area contributed by atoms with Crippen LogP contribution in [-0.2, 0) is 14.3 Å². The van der Waals surface area contributed by atoms with E-state index in [1.165, 1.54) is 7.11 Å². The average Bonchev–Trinajstić information content (AvgIpc) is 2.80. The van der Waals surface area contributed by atoms with Crippen LogP contribution >= 0.6 is 0 Å². The highest BCUT2D eigenvalue weighted by Gasteiger charge is 2.42. The molecule has 0 saturated heterocycles. The Balaban J connectivity index is 2.52. The minimum Gasteiger partial charge on any atom is -0.481 e. The Labute approximate surface area is 113 Å². The number of carboxylic acids is 1. The molecule has 1 aliphatic rings. The molecule has 0 spiro atoms. The number of carbonyl (C=O) groups is 2. The molecule has 0 bridgehead atoms. The topological polar surface area (TPSA) is 95.9 Å². The number of aliphatic hydroxyl groups excluding tert-OH is 1. The highest BCUT2D eigenvalue weighted by Crippen LogP contribution is 2.38. The molecule has 0 aromatic rings. The monoisotopic (exact) mass is 273 g/mol. The minimum absolute atomic E-state index is 0.0896. The maximum Gasteiger partial charge on any atom is 0.307 e. The van der Waals surface area contributed by atoms with Crippen LogP contribution in [0.4, 0.5) is 0 Å². The predicted molar refractivity (Wildman–Crippen MR) is 68.5 cm³/mol. The van der Waals surface area contributed by atoms with Gasteiger partial charge < -0.3 is 20.3 Å². The maximum atomic E-state index is 12.0. The number of methoxy groups -OCH3 is 1. The molecule has 0 aromatic carbocycles. The minimum atomic E-state index is -0.909. The summed E-state index contributed by atoms with van der Waals surface area (Å²) in [6.07, 6.45) is 1.30. The van der Waals surface area contributed by atoms with Gasteiger partial charge in [0.05, 0.1) is 24.5 Å². The molecule has 1 saturated carbocycles. The van der Waals surface area contributed by atoms with Crippen LogP contribution in [0, 0.1) is 17.8 Å². The van der Waals surface area contributed by atoms with E-state index in [9.17, 15) is 14.7 Å². The molecule has 19 heavy (non-hydrogen) atoms. The SMILES string of the molecule is CCC1C[C@H](C(=O)NCC(O)COC)[C@H](C(=O)O)C1. The number of carboxylic acid groups (broad SMARTS) is 1. The lowest BCUT2D eigenvalue weighted by atomic mass is 9.95. The second-order valence-corrected chi connectivity index (χ2v) is 5.15. The van der Waals surface area contributed by atoms with E-state index in [0.717, 1.165) is 6.42 Å². The van der Waals surface area contributed by atoms with Crippen LogP contribution in [0.25, 0.3) is 0 Å². The molecule has 4 atom stereocenters. The van der Waals surface area contributed by atoms with Crippen molar-refractivity contribution < 1.29 is 24.5 Å². The molecule has 0 aliphatic heterocycles. The Kier molecular flexibility index (Phi) is 6.24. The Bertz CT molecular complexity index is 320. The van der Waals surface area contributed by atoms with Crippen molar-refractivity contribution in [2.45, 2.75) is 32.3 Å². The smallest absolute Gasteiger partial charge is 0.307 e. The number of rotatable bonds is 7. The molecule has 1 aliphatic carbocycles. The zero-order valence-electron chi connectivity index (χ0n) is 11.5. The first kappa shape index (κ1) is 15.9. The van der Waals surface area contributed by atoms with Crippen molar-refractivity contribution in [2.75, 3.05) is 20.3 Å². The molecule has 3 N–H and O–H groups in total. The summed E-state index contributed by atoms with van der Waals surface area (Å²) in [4.78, 5) is 23.2. The van der Waals surface area contributed by atoms with Crippen LogP contribution < -0.4 is 5.32 Å². The van der Waals surface area contributed by atoms with Gasteiger partial charge in [0.25, 0.3) is 0 Å². The van der Waals surface area contributed by atoms with E-state index in [-0.39, 0.29) is 19.1 Å². The lowest BCUT2D eigenvalue weighted by Crippen LogP contribution is -2.40. The summed E-state index contributed by atoms with van der Waals surface area (Å²) in [7, 11) is 1.47. The fourth-order valence-corrected chi connectivity index (χ4v) is 2.64. The Morgan fingerprint density at radius 2 is 2.00 bits per heavy atom. The molecule has 110 valence electrons. The summed E-state index contributed by atoms with van der Waals surface area (Å²) in [5, 5.41) is 21.2. The van der Waals surface area contributed by atoms with Crippen molar-refractivity contribution in [1.29, 1.82) is 0 Å². The van der Waals surface area contributed by atoms with Gasteiger partial charge in [0.15, 0.2) is 0 Å². The molecule has 1 amide bonds. The fraction of sp³-hybridized carbons (Fsp3) is 0.846. The zero-order chi connectivity index (χ0) is 14.4.